The zero-order valence-corrected chi connectivity index (χ0v) is 12.0. The van der Waals surface area contributed by atoms with Gasteiger partial charge < -0.3 is 10.4 Å². The molecule has 0 amide bonds. The molecule has 0 aromatic heterocycles. The molecule has 2 fully saturated rings. The molecule has 0 atom stereocenters. The summed E-state index contributed by atoms with van der Waals surface area (Å²) in [6, 6.07) is 0.584. The SMILES string of the molecule is CCCN([SH]=O)C1CC2(CNC2)C1.O=C(O)C(F)(F)F. The van der Waals surface area contributed by atoms with Crippen LogP contribution in [0.25, 0.3) is 0 Å². The van der Waals surface area contributed by atoms with Gasteiger partial charge in [-0.05, 0) is 24.7 Å². The second kappa shape index (κ2) is 6.86. The smallest absolute Gasteiger partial charge is 0.475 e. The Labute approximate surface area is 119 Å². The Hall–Kier alpha value is -0.670. The molecular weight excluding hydrogens is 297 g/mol. The van der Waals surface area contributed by atoms with Crippen molar-refractivity contribution in [3.05, 3.63) is 0 Å². The lowest BCUT2D eigenvalue weighted by atomic mass is 9.61. The van der Waals surface area contributed by atoms with Gasteiger partial charge in [-0.3, -0.25) is 0 Å². The molecule has 9 heteroatoms. The number of carboxylic acids is 1. The fourth-order valence-electron chi connectivity index (χ4n) is 2.44. The number of alkyl halides is 3. The van der Waals surface area contributed by atoms with Gasteiger partial charge in [0.25, 0.3) is 0 Å². The predicted molar refractivity (Wildman–Crippen MR) is 68.5 cm³/mol. The van der Waals surface area contributed by atoms with Crippen LogP contribution in [-0.4, -0.2) is 51.4 Å². The van der Waals surface area contributed by atoms with Gasteiger partial charge in [0.1, 0.15) is 0 Å². The molecule has 0 radical (unpaired) electrons. The van der Waals surface area contributed by atoms with E-state index in [0.29, 0.717) is 11.5 Å². The van der Waals surface area contributed by atoms with Gasteiger partial charge in [-0.25, -0.2) is 13.3 Å². The van der Waals surface area contributed by atoms with Gasteiger partial charge in [0, 0.05) is 25.7 Å². The van der Waals surface area contributed by atoms with Crippen molar-refractivity contribution in [3.8, 4) is 0 Å². The first kappa shape index (κ1) is 17.4. The van der Waals surface area contributed by atoms with Crippen LogP contribution in [0.15, 0.2) is 0 Å². The lowest BCUT2D eigenvalue weighted by Crippen LogP contribution is -2.64. The van der Waals surface area contributed by atoms with Crippen LogP contribution in [-0.2, 0) is 16.6 Å². The molecule has 1 spiro atoms. The van der Waals surface area contributed by atoms with E-state index in [4.69, 9.17) is 9.90 Å². The second-order valence-corrected chi connectivity index (χ2v) is 5.89. The number of hydrogen-bond donors (Lipinski definition) is 3. The summed E-state index contributed by atoms with van der Waals surface area (Å²) in [6.07, 6.45) is -1.50. The molecule has 5 nitrogen and oxygen atoms in total. The molecule has 118 valence electrons. The maximum atomic E-state index is 10.9. The van der Waals surface area contributed by atoms with Crippen molar-refractivity contribution in [2.45, 2.75) is 38.4 Å². The van der Waals surface area contributed by atoms with Crippen molar-refractivity contribution in [3.63, 3.8) is 0 Å². The average molecular weight is 316 g/mol. The van der Waals surface area contributed by atoms with Crippen molar-refractivity contribution in [2.75, 3.05) is 19.6 Å². The lowest BCUT2D eigenvalue weighted by Gasteiger charge is -2.56. The first-order valence-electron chi connectivity index (χ1n) is 6.35. The van der Waals surface area contributed by atoms with Crippen LogP contribution < -0.4 is 5.32 Å². The van der Waals surface area contributed by atoms with Crippen molar-refractivity contribution in [1.29, 1.82) is 0 Å². The van der Waals surface area contributed by atoms with Gasteiger partial charge in [0.05, 0.1) is 11.9 Å². The highest BCUT2D eigenvalue weighted by atomic mass is 32.2. The topological polar surface area (TPSA) is 69.6 Å². The normalized spacial score (nSPS) is 20.9. The Bertz CT molecular complexity index is 353. The van der Waals surface area contributed by atoms with Gasteiger partial charge >= 0.3 is 12.1 Å². The van der Waals surface area contributed by atoms with E-state index in [1.807, 2.05) is 0 Å². The summed E-state index contributed by atoms with van der Waals surface area (Å²) in [5.41, 5.74) is 0.599. The number of halogens is 3. The minimum Gasteiger partial charge on any atom is -0.475 e. The van der Waals surface area contributed by atoms with Gasteiger partial charge in [-0.1, -0.05) is 6.92 Å². The van der Waals surface area contributed by atoms with E-state index in [9.17, 15) is 17.4 Å². The summed E-state index contributed by atoms with van der Waals surface area (Å²) in [5.74, 6) is -2.76. The van der Waals surface area contributed by atoms with Crippen LogP contribution in [0.3, 0.4) is 0 Å². The van der Waals surface area contributed by atoms with Crippen LogP contribution in [0.1, 0.15) is 26.2 Å². The summed E-state index contributed by atoms with van der Waals surface area (Å²) < 4.78 is 44.7. The molecule has 1 aliphatic carbocycles. The molecule has 0 bridgehead atoms. The molecule has 1 aliphatic heterocycles. The van der Waals surface area contributed by atoms with E-state index in [2.05, 4.69) is 16.5 Å². The highest BCUT2D eigenvalue weighted by molar-refractivity contribution is 7.63. The average Bonchev–Trinajstić information content (AvgIpc) is 2.23. The standard InChI is InChI=1S/C9H18N2OS.C2HF3O2/c1-2-3-11(13-12)8-4-9(5-8)6-10-7-9;3-2(4,5)1(6)7/h8,10,13H,2-7H2,1H3;(H,6,7). The Morgan fingerprint density at radius 1 is 1.45 bits per heavy atom. The first-order valence-corrected chi connectivity index (χ1v) is 7.11. The molecule has 1 saturated carbocycles. The third kappa shape index (κ3) is 4.42. The number of carbonyl (C=O) groups is 1. The molecule has 2 aliphatic rings. The van der Waals surface area contributed by atoms with Crippen LogP contribution in [0, 0.1) is 5.41 Å². The van der Waals surface area contributed by atoms with Crippen molar-refractivity contribution < 1.29 is 27.3 Å². The molecular formula is C11H19F3N2O3S. The molecule has 0 unspecified atom stereocenters. The van der Waals surface area contributed by atoms with E-state index in [0.717, 1.165) is 13.0 Å². The number of carboxylic acid groups (broad SMARTS) is 1. The number of rotatable bonds is 4. The van der Waals surface area contributed by atoms with Gasteiger partial charge in [0.15, 0.2) is 0 Å². The molecule has 1 saturated heterocycles. The number of hydrogen-bond acceptors (Lipinski definition) is 3. The highest BCUT2D eigenvalue weighted by Crippen LogP contribution is 2.46. The Balaban J connectivity index is 0.000000246. The monoisotopic (exact) mass is 316 g/mol. The van der Waals surface area contributed by atoms with Gasteiger partial charge in [-0.15, -0.1) is 0 Å². The van der Waals surface area contributed by atoms with Gasteiger partial charge in [-0.2, -0.15) is 13.2 Å². The highest BCUT2D eigenvalue weighted by Gasteiger charge is 2.50. The maximum absolute atomic E-state index is 10.9. The number of nitrogens with zero attached hydrogens (tertiary/aromatic N) is 1. The van der Waals surface area contributed by atoms with E-state index >= 15 is 0 Å². The zero-order chi connectivity index (χ0) is 15.4. The molecule has 2 rings (SSSR count). The third-order valence-corrected chi connectivity index (χ3v) is 4.30. The third-order valence-electron chi connectivity index (χ3n) is 3.56. The van der Waals surface area contributed by atoms with Crippen molar-refractivity contribution in [1.82, 2.24) is 9.62 Å². The second-order valence-electron chi connectivity index (χ2n) is 5.21. The Morgan fingerprint density at radius 3 is 2.20 bits per heavy atom. The number of nitrogens with one attached hydrogen (secondary N) is 1. The van der Waals surface area contributed by atoms with E-state index in [1.165, 1.54) is 25.9 Å². The summed E-state index contributed by atoms with van der Waals surface area (Å²) in [4.78, 5) is 8.90. The Kier molecular flexibility index (Phi) is 5.96. The molecule has 20 heavy (non-hydrogen) atoms. The fraction of sp³-hybridized carbons (Fsp3) is 0.909. The summed E-state index contributed by atoms with van der Waals surface area (Å²) in [7, 11) is 0. The molecule has 2 N–H and O–H groups in total. The quantitative estimate of drug-likeness (QED) is 0.675. The van der Waals surface area contributed by atoms with E-state index < -0.39 is 12.1 Å². The Morgan fingerprint density at radius 2 is 1.95 bits per heavy atom. The van der Waals surface area contributed by atoms with E-state index in [-0.39, 0.29) is 11.9 Å². The largest absolute Gasteiger partial charge is 0.490 e. The van der Waals surface area contributed by atoms with Crippen LogP contribution in [0.4, 0.5) is 13.2 Å². The fourth-order valence-corrected chi connectivity index (χ4v) is 3.02. The minimum absolute atomic E-state index is 0.218. The van der Waals surface area contributed by atoms with E-state index in [1.54, 1.807) is 0 Å². The van der Waals surface area contributed by atoms with Gasteiger partial charge in [0.2, 0.25) is 0 Å². The first-order chi connectivity index (χ1) is 9.24. The minimum atomic E-state index is -5.08. The molecule has 0 aromatic rings. The summed E-state index contributed by atoms with van der Waals surface area (Å²) in [6.45, 7) is 5.47. The number of aliphatic carboxylic acids is 1. The van der Waals surface area contributed by atoms with Crippen LogP contribution in [0.2, 0.25) is 0 Å². The summed E-state index contributed by atoms with van der Waals surface area (Å²) >= 11 is 0.218. The molecule has 1 heterocycles. The van der Waals surface area contributed by atoms with Crippen LogP contribution in [0.5, 0.6) is 0 Å². The summed E-state index contributed by atoms with van der Waals surface area (Å²) in [5, 5.41) is 10.4. The lowest BCUT2D eigenvalue weighted by molar-refractivity contribution is -0.192. The number of thiol groups is 1. The molecule has 0 aromatic carbocycles. The maximum Gasteiger partial charge on any atom is 0.490 e. The zero-order valence-electron chi connectivity index (χ0n) is 11.1. The predicted octanol–water partition coefficient (Wildman–Crippen LogP) is 0.944. The van der Waals surface area contributed by atoms with Crippen molar-refractivity contribution in [2.24, 2.45) is 5.41 Å². The van der Waals surface area contributed by atoms with Crippen LogP contribution >= 0.6 is 0 Å². The van der Waals surface area contributed by atoms with Crippen molar-refractivity contribution >= 4 is 17.8 Å².